The predicted octanol–water partition coefficient (Wildman–Crippen LogP) is 3.62. The molecule has 0 N–H and O–H groups in total. The molecule has 0 spiro atoms. The molecule has 0 unspecified atom stereocenters. The third-order valence-corrected chi connectivity index (χ3v) is 4.30. The van der Waals surface area contributed by atoms with Gasteiger partial charge < -0.3 is 4.90 Å². The van der Waals surface area contributed by atoms with Crippen LogP contribution in [-0.4, -0.2) is 42.7 Å². The van der Waals surface area contributed by atoms with Crippen LogP contribution < -0.4 is 4.90 Å². The van der Waals surface area contributed by atoms with Gasteiger partial charge in [0.15, 0.2) is 5.17 Å². The number of nitrogens with zero attached hydrogens (tertiary/aromatic N) is 3. The maximum absolute atomic E-state index is 12.6. The Morgan fingerprint density at radius 2 is 1.96 bits per heavy atom. The molecule has 4 nitrogen and oxygen atoms in total. The Morgan fingerprint density at radius 3 is 2.48 bits per heavy atom. The van der Waals surface area contributed by atoms with Gasteiger partial charge in [-0.05, 0) is 49.4 Å². The molecule has 1 saturated heterocycles. The third-order valence-electron chi connectivity index (χ3n) is 3.28. The summed E-state index contributed by atoms with van der Waals surface area (Å²) in [4.78, 5) is 21.5. The van der Waals surface area contributed by atoms with Crippen molar-refractivity contribution < 1.29 is 4.79 Å². The summed E-state index contributed by atoms with van der Waals surface area (Å²) in [6.07, 6.45) is 3.65. The first-order valence-electron chi connectivity index (χ1n) is 7.60. The minimum atomic E-state index is -0.00835. The summed E-state index contributed by atoms with van der Waals surface area (Å²) in [5, 5.41) is 0.751. The monoisotopic (exact) mass is 329 g/mol. The van der Waals surface area contributed by atoms with E-state index >= 15 is 0 Å². The van der Waals surface area contributed by atoms with Crippen LogP contribution in [0.2, 0.25) is 0 Å². The standard InChI is InChI=1S/C18H23N3OS/c1-6-11-21-17(22)16(23-18(21)19-13(2)3)12-14-7-9-15(10-8-14)20(4)5/h6-10,12-13H,1,11H2,2-5H3/b16-12-,19-18?. The maximum atomic E-state index is 12.6. The second-order valence-electron chi connectivity index (χ2n) is 5.81. The van der Waals surface area contributed by atoms with Crippen LogP contribution in [-0.2, 0) is 4.79 Å². The molecule has 122 valence electrons. The SMILES string of the molecule is C=CCN1C(=O)/C(=C/c2ccc(N(C)C)cc2)SC1=NC(C)C. The number of aliphatic imine (C=N–C) groups is 1. The van der Waals surface area contributed by atoms with Crippen molar-refractivity contribution in [2.24, 2.45) is 4.99 Å². The molecule has 1 aromatic rings. The smallest absolute Gasteiger partial charge is 0.267 e. The Hall–Kier alpha value is -2.01. The number of carbonyl (C=O) groups excluding carboxylic acids is 1. The molecule has 2 rings (SSSR count). The lowest BCUT2D eigenvalue weighted by Gasteiger charge is -2.13. The van der Waals surface area contributed by atoms with Crippen LogP contribution in [0.3, 0.4) is 0 Å². The van der Waals surface area contributed by atoms with Crippen LogP contribution >= 0.6 is 11.8 Å². The lowest BCUT2D eigenvalue weighted by molar-refractivity contribution is -0.121. The van der Waals surface area contributed by atoms with Crippen LogP contribution in [0.15, 0.2) is 46.8 Å². The second kappa shape index (κ2) is 7.51. The second-order valence-corrected chi connectivity index (χ2v) is 6.82. The van der Waals surface area contributed by atoms with Gasteiger partial charge in [-0.2, -0.15) is 0 Å². The van der Waals surface area contributed by atoms with E-state index in [4.69, 9.17) is 0 Å². The normalized spacial score (nSPS) is 18.3. The Morgan fingerprint density at radius 1 is 1.30 bits per heavy atom. The van der Waals surface area contributed by atoms with Crippen molar-refractivity contribution in [2.75, 3.05) is 25.5 Å². The number of amides is 1. The zero-order valence-electron chi connectivity index (χ0n) is 14.1. The lowest BCUT2D eigenvalue weighted by atomic mass is 10.2. The minimum Gasteiger partial charge on any atom is -0.378 e. The van der Waals surface area contributed by atoms with Crippen molar-refractivity contribution in [1.29, 1.82) is 0 Å². The lowest BCUT2D eigenvalue weighted by Crippen LogP contribution is -2.29. The highest BCUT2D eigenvalue weighted by Gasteiger charge is 2.32. The molecule has 1 heterocycles. The molecular formula is C18H23N3OS. The van der Waals surface area contributed by atoms with Crippen molar-refractivity contribution in [1.82, 2.24) is 4.90 Å². The fraction of sp³-hybridized carbons (Fsp3) is 0.333. The molecule has 1 aliphatic rings. The molecule has 1 aliphatic heterocycles. The Balaban J connectivity index is 2.28. The van der Waals surface area contributed by atoms with Gasteiger partial charge in [0.05, 0.1) is 4.91 Å². The number of hydrogen-bond donors (Lipinski definition) is 0. The summed E-state index contributed by atoms with van der Waals surface area (Å²) in [5.74, 6) is -0.00835. The summed E-state index contributed by atoms with van der Waals surface area (Å²) in [7, 11) is 4.01. The largest absolute Gasteiger partial charge is 0.378 e. The quantitative estimate of drug-likeness (QED) is 0.611. The van der Waals surface area contributed by atoms with Crippen molar-refractivity contribution in [2.45, 2.75) is 19.9 Å². The Labute approximate surface area is 142 Å². The predicted molar refractivity (Wildman–Crippen MR) is 101 cm³/mol. The summed E-state index contributed by atoms with van der Waals surface area (Å²) in [6.45, 7) is 8.22. The van der Waals surface area contributed by atoms with E-state index in [9.17, 15) is 4.79 Å². The Bertz CT molecular complexity index is 645. The van der Waals surface area contributed by atoms with Crippen LogP contribution in [0.25, 0.3) is 6.08 Å². The third kappa shape index (κ3) is 4.26. The van der Waals surface area contributed by atoms with E-state index in [1.807, 2.05) is 63.2 Å². The highest BCUT2D eigenvalue weighted by atomic mass is 32.2. The molecule has 23 heavy (non-hydrogen) atoms. The van der Waals surface area contributed by atoms with Crippen molar-refractivity contribution >= 4 is 34.6 Å². The van der Waals surface area contributed by atoms with Crippen molar-refractivity contribution in [3.05, 3.63) is 47.4 Å². The minimum absolute atomic E-state index is 0.00835. The van der Waals surface area contributed by atoms with Gasteiger partial charge in [-0.1, -0.05) is 18.2 Å². The molecule has 0 aliphatic carbocycles. The summed E-state index contributed by atoms with van der Waals surface area (Å²) in [5.41, 5.74) is 2.14. The molecule has 5 heteroatoms. The number of hydrogen-bond acceptors (Lipinski definition) is 4. The van der Waals surface area contributed by atoms with Crippen LogP contribution in [0, 0.1) is 0 Å². The van der Waals surface area contributed by atoms with Gasteiger partial charge in [-0.3, -0.25) is 14.7 Å². The average molecular weight is 329 g/mol. The van der Waals surface area contributed by atoms with E-state index < -0.39 is 0 Å². The van der Waals surface area contributed by atoms with Crippen LogP contribution in [0.1, 0.15) is 19.4 Å². The molecule has 0 atom stereocenters. The van der Waals surface area contributed by atoms with Crippen molar-refractivity contribution in [3.63, 3.8) is 0 Å². The maximum Gasteiger partial charge on any atom is 0.267 e. The fourth-order valence-corrected chi connectivity index (χ4v) is 3.26. The van der Waals surface area contributed by atoms with Gasteiger partial charge in [-0.25, -0.2) is 0 Å². The number of rotatable bonds is 5. The molecule has 0 bridgehead atoms. The van der Waals surface area contributed by atoms with E-state index in [2.05, 4.69) is 11.6 Å². The first-order chi connectivity index (χ1) is 10.9. The van der Waals surface area contributed by atoms with Gasteiger partial charge >= 0.3 is 0 Å². The molecule has 1 amide bonds. The van der Waals surface area contributed by atoms with E-state index in [0.717, 1.165) is 16.4 Å². The Kier molecular flexibility index (Phi) is 5.66. The molecule has 1 aromatic carbocycles. The first kappa shape index (κ1) is 17.3. The van der Waals surface area contributed by atoms with Crippen LogP contribution in [0.4, 0.5) is 5.69 Å². The highest BCUT2D eigenvalue weighted by molar-refractivity contribution is 8.18. The van der Waals surface area contributed by atoms with E-state index in [1.54, 1.807) is 11.0 Å². The van der Waals surface area contributed by atoms with Gasteiger partial charge in [0.25, 0.3) is 5.91 Å². The summed E-state index contributed by atoms with van der Waals surface area (Å²) in [6, 6.07) is 8.27. The topological polar surface area (TPSA) is 35.9 Å². The van der Waals surface area contributed by atoms with E-state index in [1.165, 1.54) is 11.8 Å². The number of thioether (sulfide) groups is 1. The molecule has 1 fully saturated rings. The highest BCUT2D eigenvalue weighted by Crippen LogP contribution is 2.33. The zero-order chi connectivity index (χ0) is 17.0. The number of anilines is 1. The molecule has 0 saturated carbocycles. The summed E-state index contributed by atoms with van der Waals surface area (Å²) >= 11 is 1.43. The first-order valence-corrected chi connectivity index (χ1v) is 8.41. The molecule has 0 radical (unpaired) electrons. The molecule has 0 aromatic heterocycles. The average Bonchev–Trinajstić information content (AvgIpc) is 2.76. The molecular weight excluding hydrogens is 306 g/mol. The number of carbonyl (C=O) groups is 1. The summed E-state index contributed by atoms with van der Waals surface area (Å²) < 4.78 is 0. The number of benzene rings is 1. The van der Waals surface area contributed by atoms with E-state index in [0.29, 0.717) is 11.4 Å². The fourth-order valence-electron chi connectivity index (χ4n) is 2.14. The van der Waals surface area contributed by atoms with Crippen molar-refractivity contribution in [3.8, 4) is 0 Å². The van der Waals surface area contributed by atoms with E-state index in [-0.39, 0.29) is 11.9 Å². The van der Waals surface area contributed by atoms with Crippen LogP contribution in [0.5, 0.6) is 0 Å². The van der Waals surface area contributed by atoms with Gasteiger partial charge in [0.2, 0.25) is 0 Å². The van der Waals surface area contributed by atoms with Gasteiger partial charge in [0, 0.05) is 32.4 Å². The van der Waals surface area contributed by atoms with Gasteiger partial charge in [-0.15, -0.1) is 6.58 Å². The zero-order valence-corrected chi connectivity index (χ0v) is 14.9. The number of amidine groups is 1. The van der Waals surface area contributed by atoms with Gasteiger partial charge in [0.1, 0.15) is 0 Å².